The number of ketones is 1. The van der Waals surface area contributed by atoms with E-state index in [4.69, 9.17) is 4.74 Å². The second-order valence-corrected chi connectivity index (χ2v) is 5.98. The number of phenols is 1. The maximum absolute atomic E-state index is 12.3. The van der Waals surface area contributed by atoms with Gasteiger partial charge in [-0.3, -0.25) is 9.59 Å². The fraction of sp³-hybridized carbons (Fsp3) is 0.211. The van der Waals surface area contributed by atoms with E-state index in [1.807, 2.05) is 0 Å². The third-order valence-electron chi connectivity index (χ3n) is 4.28. The van der Waals surface area contributed by atoms with Crippen LogP contribution >= 0.6 is 0 Å². The molecule has 0 spiro atoms. The predicted molar refractivity (Wildman–Crippen MR) is 90.9 cm³/mol. The van der Waals surface area contributed by atoms with Gasteiger partial charge in [0, 0.05) is 11.3 Å². The molecule has 2 aromatic carbocycles. The van der Waals surface area contributed by atoms with Crippen LogP contribution < -0.4 is 5.32 Å². The Bertz CT molecular complexity index is 887. The van der Waals surface area contributed by atoms with Crippen molar-refractivity contribution in [2.45, 2.75) is 19.8 Å². The van der Waals surface area contributed by atoms with Crippen molar-refractivity contribution in [3.8, 4) is 5.75 Å². The molecule has 1 heterocycles. The van der Waals surface area contributed by atoms with Crippen LogP contribution in [0, 0.1) is 6.92 Å². The van der Waals surface area contributed by atoms with E-state index in [1.54, 1.807) is 44.2 Å². The number of carbonyl (C=O) groups is 3. The fourth-order valence-electron chi connectivity index (χ4n) is 2.71. The summed E-state index contributed by atoms with van der Waals surface area (Å²) in [5.74, 6) is -1.73. The number of para-hydroxylation sites is 1. The number of hydrogen-bond acceptors (Lipinski definition) is 5. The number of phenolic OH excluding ortho intramolecular Hbond substituents is 1. The zero-order chi connectivity index (χ0) is 18.1. The lowest BCUT2D eigenvalue weighted by atomic mass is 9.99. The SMILES string of the molecule is Cc1cccc(C(=O)OCC(=O)c2ccc3c(c2)[C@H](C)C(=O)N3)c1O. The highest BCUT2D eigenvalue weighted by molar-refractivity contribution is 6.05. The number of carbonyl (C=O) groups excluding carboxylic acids is 3. The van der Waals surface area contributed by atoms with Crippen LogP contribution in [0.5, 0.6) is 5.75 Å². The lowest BCUT2D eigenvalue weighted by molar-refractivity contribution is -0.116. The maximum atomic E-state index is 12.3. The Morgan fingerprint density at radius 3 is 2.76 bits per heavy atom. The molecule has 0 aliphatic carbocycles. The van der Waals surface area contributed by atoms with E-state index in [-0.39, 0.29) is 28.9 Å². The van der Waals surface area contributed by atoms with Crippen molar-refractivity contribution in [3.63, 3.8) is 0 Å². The molecule has 0 saturated carbocycles. The maximum Gasteiger partial charge on any atom is 0.342 e. The van der Waals surface area contributed by atoms with E-state index in [9.17, 15) is 19.5 Å². The van der Waals surface area contributed by atoms with Crippen LogP contribution in [0.2, 0.25) is 0 Å². The van der Waals surface area contributed by atoms with Crippen molar-refractivity contribution in [1.29, 1.82) is 0 Å². The van der Waals surface area contributed by atoms with Gasteiger partial charge in [-0.05, 0) is 49.2 Å². The summed E-state index contributed by atoms with van der Waals surface area (Å²) >= 11 is 0. The van der Waals surface area contributed by atoms with Gasteiger partial charge in [0.05, 0.1) is 5.92 Å². The molecular weight excluding hydrogens is 322 g/mol. The molecule has 6 heteroatoms. The lowest BCUT2D eigenvalue weighted by Crippen LogP contribution is -2.14. The van der Waals surface area contributed by atoms with E-state index in [1.165, 1.54) is 6.07 Å². The molecule has 1 aliphatic heterocycles. The number of nitrogens with one attached hydrogen (secondary N) is 1. The molecule has 128 valence electrons. The minimum absolute atomic E-state index is 0.0187. The number of Topliss-reactive ketones (excluding diaryl/α,β-unsaturated/α-hetero) is 1. The minimum Gasteiger partial charge on any atom is -0.507 e. The van der Waals surface area contributed by atoms with Crippen molar-refractivity contribution >= 4 is 23.3 Å². The summed E-state index contributed by atoms with van der Waals surface area (Å²) < 4.78 is 5.02. The summed E-state index contributed by atoms with van der Waals surface area (Å²) in [5.41, 5.74) is 2.37. The summed E-state index contributed by atoms with van der Waals surface area (Å²) in [4.78, 5) is 36.0. The number of aryl methyl sites for hydroxylation is 1. The molecule has 25 heavy (non-hydrogen) atoms. The molecule has 0 fully saturated rings. The first-order valence-corrected chi connectivity index (χ1v) is 7.82. The molecule has 2 aromatic rings. The van der Waals surface area contributed by atoms with Crippen molar-refractivity contribution < 1.29 is 24.2 Å². The Morgan fingerprint density at radius 1 is 1.24 bits per heavy atom. The first-order chi connectivity index (χ1) is 11.9. The van der Waals surface area contributed by atoms with Gasteiger partial charge in [-0.15, -0.1) is 0 Å². The molecule has 2 N–H and O–H groups in total. The van der Waals surface area contributed by atoms with Crippen LogP contribution in [0.25, 0.3) is 0 Å². The molecule has 0 bridgehead atoms. The number of fused-ring (bicyclic) bond motifs is 1. The smallest absolute Gasteiger partial charge is 0.342 e. The van der Waals surface area contributed by atoms with E-state index in [0.717, 1.165) is 5.56 Å². The van der Waals surface area contributed by atoms with E-state index < -0.39 is 12.6 Å². The Balaban J connectivity index is 1.70. The van der Waals surface area contributed by atoms with Gasteiger partial charge in [-0.2, -0.15) is 0 Å². The van der Waals surface area contributed by atoms with Gasteiger partial charge in [0.25, 0.3) is 0 Å². The van der Waals surface area contributed by atoms with Crippen LogP contribution in [0.1, 0.15) is 44.7 Å². The largest absolute Gasteiger partial charge is 0.507 e. The van der Waals surface area contributed by atoms with Crippen LogP contribution in [0.15, 0.2) is 36.4 Å². The first-order valence-electron chi connectivity index (χ1n) is 7.82. The Labute approximate surface area is 144 Å². The number of amides is 1. The predicted octanol–water partition coefficient (Wildman–Crippen LogP) is 2.80. The molecule has 0 saturated heterocycles. The standard InChI is InChI=1S/C19H17NO5/c1-10-4-3-5-13(17(10)22)19(24)25-9-16(21)12-6-7-15-14(8-12)11(2)18(23)20-15/h3-8,11,22H,9H2,1-2H3,(H,20,23)/t11-/m0/s1. The summed E-state index contributed by atoms with van der Waals surface area (Å²) in [5, 5.41) is 12.6. The lowest BCUT2D eigenvalue weighted by Gasteiger charge is -2.08. The topological polar surface area (TPSA) is 92.7 Å². The fourth-order valence-corrected chi connectivity index (χ4v) is 2.71. The third kappa shape index (κ3) is 3.10. The molecule has 1 amide bonds. The average Bonchev–Trinajstić information content (AvgIpc) is 2.89. The van der Waals surface area contributed by atoms with Crippen LogP contribution in [0.3, 0.4) is 0 Å². The van der Waals surface area contributed by atoms with Gasteiger partial charge in [0.15, 0.2) is 12.4 Å². The van der Waals surface area contributed by atoms with Crippen molar-refractivity contribution in [2.24, 2.45) is 0 Å². The second kappa shape index (κ2) is 6.39. The Kier molecular flexibility index (Phi) is 4.27. The molecule has 6 nitrogen and oxygen atoms in total. The molecule has 3 rings (SSSR count). The summed E-state index contributed by atoms with van der Waals surface area (Å²) in [7, 11) is 0. The highest BCUT2D eigenvalue weighted by Crippen LogP contribution is 2.32. The third-order valence-corrected chi connectivity index (χ3v) is 4.28. The first kappa shape index (κ1) is 16.7. The van der Waals surface area contributed by atoms with Crippen molar-refractivity contribution in [3.05, 3.63) is 58.7 Å². The second-order valence-electron chi connectivity index (χ2n) is 5.98. The Hall–Kier alpha value is -3.15. The van der Waals surface area contributed by atoms with Gasteiger partial charge in [0.1, 0.15) is 11.3 Å². The molecule has 0 radical (unpaired) electrons. The van der Waals surface area contributed by atoms with Gasteiger partial charge in [-0.1, -0.05) is 12.1 Å². The number of ether oxygens (including phenoxy) is 1. The van der Waals surface area contributed by atoms with E-state index >= 15 is 0 Å². The number of aromatic hydroxyl groups is 1. The van der Waals surface area contributed by atoms with E-state index in [0.29, 0.717) is 16.8 Å². The summed E-state index contributed by atoms with van der Waals surface area (Å²) in [6, 6.07) is 9.61. The van der Waals surface area contributed by atoms with Gasteiger partial charge in [0.2, 0.25) is 5.91 Å². The molecular formula is C19H17NO5. The van der Waals surface area contributed by atoms with Gasteiger partial charge in [-0.25, -0.2) is 4.79 Å². The zero-order valence-corrected chi connectivity index (χ0v) is 13.8. The highest BCUT2D eigenvalue weighted by Gasteiger charge is 2.27. The van der Waals surface area contributed by atoms with Crippen LogP contribution in [-0.2, 0) is 9.53 Å². The number of hydrogen-bond donors (Lipinski definition) is 2. The number of anilines is 1. The molecule has 0 unspecified atom stereocenters. The van der Waals surface area contributed by atoms with E-state index in [2.05, 4.69) is 5.32 Å². The highest BCUT2D eigenvalue weighted by atomic mass is 16.5. The monoisotopic (exact) mass is 339 g/mol. The summed E-state index contributed by atoms with van der Waals surface area (Å²) in [6.45, 7) is 2.98. The molecule has 0 aromatic heterocycles. The van der Waals surface area contributed by atoms with Crippen molar-refractivity contribution in [2.75, 3.05) is 11.9 Å². The molecule has 1 aliphatic rings. The minimum atomic E-state index is -0.763. The van der Waals surface area contributed by atoms with Crippen molar-refractivity contribution in [1.82, 2.24) is 0 Å². The van der Waals surface area contributed by atoms with Crippen LogP contribution in [-0.4, -0.2) is 29.4 Å². The number of rotatable bonds is 4. The Morgan fingerprint density at radius 2 is 2.00 bits per heavy atom. The quantitative estimate of drug-likeness (QED) is 0.660. The average molecular weight is 339 g/mol. The normalized spacial score (nSPS) is 15.4. The van der Waals surface area contributed by atoms with Gasteiger partial charge >= 0.3 is 5.97 Å². The number of esters is 1. The number of benzene rings is 2. The van der Waals surface area contributed by atoms with Gasteiger partial charge < -0.3 is 15.2 Å². The van der Waals surface area contributed by atoms with Crippen LogP contribution in [0.4, 0.5) is 5.69 Å². The zero-order valence-electron chi connectivity index (χ0n) is 13.8. The summed E-state index contributed by atoms with van der Waals surface area (Å²) in [6.07, 6.45) is 0. The molecule has 1 atom stereocenters.